The summed E-state index contributed by atoms with van der Waals surface area (Å²) >= 11 is 1.70. The molecule has 1 aliphatic rings. The summed E-state index contributed by atoms with van der Waals surface area (Å²) in [6.07, 6.45) is 3.23. The first-order chi connectivity index (χ1) is 11.9. The molecule has 0 saturated heterocycles. The van der Waals surface area contributed by atoms with E-state index in [9.17, 15) is 9.59 Å². The summed E-state index contributed by atoms with van der Waals surface area (Å²) in [7, 11) is 1.77. The van der Waals surface area contributed by atoms with Crippen LogP contribution in [0.15, 0.2) is 29.6 Å². The topological polar surface area (TPSA) is 49.4 Å². The molecule has 1 atom stereocenters. The Morgan fingerprint density at radius 1 is 1.36 bits per heavy atom. The van der Waals surface area contributed by atoms with Crippen LogP contribution in [0.2, 0.25) is 0 Å². The molecule has 1 heterocycles. The van der Waals surface area contributed by atoms with E-state index in [4.69, 9.17) is 0 Å². The number of rotatable bonds is 4. The molecule has 1 aromatic carbocycles. The molecule has 0 spiro atoms. The summed E-state index contributed by atoms with van der Waals surface area (Å²) in [6.45, 7) is 4.35. The lowest BCUT2D eigenvalue weighted by atomic mass is 9.88. The van der Waals surface area contributed by atoms with Crippen molar-refractivity contribution in [1.29, 1.82) is 0 Å². The van der Waals surface area contributed by atoms with Gasteiger partial charge in [-0.15, -0.1) is 11.3 Å². The minimum atomic E-state index is -0.0378. The van der Waals surface area contributed by atoms with Gasteiger partial charge in [0.25, 0.3) is 5.91 Å². The second-order valence-corrected chi connectivity index (χ2v) is 7.89. The van der Waals surface area contributed by atoms with Gasteiger partial charge in [0, 0.05) is 36.5 Å². The smallest absolute Gasteiger partial charge is 0.256 e. The fourth-order valence-corrected chi connectivity index (χ4v) is 4.44. The van der Waals surface area contributed by atoms with Crippen molar-refractivity contribution in [3.8, 4) is 0 Å². The number of nitrogens with zero attached hydrogens (tertiary/aromatic N) is 1. The first-order valence-electron chi connectivity index (χ1n) is 8.65. The van der Waals surface area contributed by atoms with Crippen molar-refractivity contribution in [3.05, 3.63) is 51.2 Å². The Kier molecular flexibility index (Phi) is 5.23. The van der Waals surface area contributed by atoms with Crippen LogP contribution in [0.1, 0.15) is 46.6 Å². The van der Waals surface area contributed by atoms with Crippen molar-refractivity contribution < 1.29 is 9.59 Å². The third-order valence-corrected chi connectivity index (χ3v) is 5.84. The van der Waals surface area contributed by atoms with E-state index in [0.29, 0.717) is 12.5 Å². The molecule has 0 bridgehead atoms. The lowest BCUT2D eigenvalue weighted by molar-refractivity contribution is -0.128. The van der Waals surface area contributed by atoms with Gasteiger partial charge < -0.3 is 10.2 Å². The van der Waals surface area contributed by atoms with Crippen LogP contribution >= 0.6 is 11.3 Å². The van der Waals surface area contributed by atoms with Gasteiger partial charge in [-0.1, -0.05) is 19.1 Å². The van der Waals surface area contributed by atoms with E-state index in [1.807, 2.05) is 29.6 Å². The van der Waals surface area contributed by atoms with Gasteiger partial charge in [0.05, 0.1) is 5.56 Å². The summed E-state index contributed by atoms with van der Waals surface area (Å²) in [5.74, 6) is 0.690. The van der Waals surface area contributed by atoms with Gasteiger partial charge in [-0.3, -0.25) is 9.59 Å². The molecule has 1 aliphatic carbocycles. The summed E-state index contributed by atoms with van der Waals surface area (Å²) < 4.78 is 0. The lowest BCUT2D eigenvalue weighted by Gasteiger charge is -2.19. The monoisotopic (exact) mass is 356 g/mol. The number of carbonyl (C=O) groups is 2. The van der Waals surface area contributed by atoms with Crippen LogP contribution in [0, 0.1) is 5.92 Å². The highest BCUT2D eigenvalue weighted by Gasteiger charge is 2.23. The molecule has 0 radical (unpaired) electrons. The van der Waals surface area contributed by atoms with Gasteiger partial charge in [-0.25, -0.2) is 0 Å². The van der Waals surface area contributed by atoms with Crippen molar-refractivity contribution in [2.45, 2.75) is 39.7 Å². The summed E-state index contributed by atoms with van der Waals surface area (Å²) in [5.41, 5.74) is 3.81. The van der Waals surface area contributed by atoms with Crippen LogP contribution in [0.4, 0.5) is 5.69 Å². The number of anilines is 1. The highest BCUT2D eigenvalue weighted by Crippen LogP contribution is 2.33. The maximum absolute atomic E-state index is 12.7. The molecule has 25 heavy (non-hydrogen) atoms. The van der Waals surface area contributed by atoms with Crippen LogP contribution in [0.25, 0.3) is 0 Å². The predicted molar refractivity (Wildman–Crippen MR) is 102 cm³/mol. The Morgan fingerprint density at radius 2 is 2.16 bits per heavy atom. The Morgan fingerprint density at radius 3 is 2.92 bits per heavy atom. The third-order valence-electron chi connectivity index (χ3n) is 4.79. The van der Waals surface area contributed by atoms with Gasteiger partial charge in [-0.2, -0.15) is 0 Å². The van der Waals surface area contributed by atoms with Crippen LogP contribution < -0.4 is 5.32 Å². The molecule has 5 heteroatoms. The van der Waals surface area contributed by atoms with Crippen LogP contribution in [0.3, 0.4) is 0 Å². The summed E-state index contributed by atoms with van der Waals surface area (Å²) in [5, 5.41) is 5.00. The van der Waals surface area contributed by atoms with Crippen molar-refractivity contribution in [3.63, 3.8) is 0 Å². The molecule has 3 rings (SSSR count). The van der Waals surface area contributed by atoms with E-state index < -0.39 is 0 Å². The molecule has 2 aromatic rings. The second-order valence-electron chi connectivity index (χ2n) is 6.93. The molecule has 1 N–H and O–H groups in total. The fourth-order valence-electron chi connectivity index (χ4n) is 3.20. The second kappa shape index (κ2) is 7.40. The standard InChI is InChI=1S/C20H24N2O2S/c1-13-7-8-17-18(12-25-19(17)9-13)20(24)21-16-6-4-5-15(10-16)11-22(3)14(2)23/h4-6,10,12-13H,7-9,11H2,1-3H3,(H,21,24)/t13-/m1/s1. The number of thiophene rings is 1. The van der Waals surface area contributed by atoms with Gasteiger partial charge in [-0.05, 0) is 48.4 Å². The van der Waals surface area contributed by atoms with Crippen LogP contribution in [0.5, 0.6) is 0 Å². The zero-order valence-electron chi connectivity index (χ0n) is 15.0. The van der Waals surface area contributed by atoms with E-state index in [1.54, 1.807) is 30.2 Å². The van der Waals surface area contributed by atoms with Crippen LogP contribution in [-0.2, 0) is 24.2 Å². The maximum atomic E-state index is 12.7. The highest BCUT2D eigenvalue weighted by molar-refractivity contribution is 7.10. The molecule has 132 valence electrons. The number of carbonyl (C=O) groups excluding carboxylic acids is 2. The molecule has 0 fully saturated rings. The van der Waals surface area contributed by atoms with Crippen molar-refractivity contribution in [1.82, 2.24) is 4.90 Å². The molecule has 2 amide bonds. The Bertz CT molecular complexity index is 797. The van der Waals surface area contributed by atoms with Crippen molar-refractivity contribution in [2.24, 2.45) is 5.92 Å². The number of hydrogen-bond acceptors (Lipinski definition) is 3. The number of amides is 2. The SMILES string of the molecule is CC(=O)N(C)Cc1cccc(NC(=O)c2csc3c2CC[C@@H](C)C3)c1. The minimum absolute atomic E-state index is 0.0218. The van der Waals surface area contributed by atoms with Crippen molar-refractivity contribution >= 4 is 28.8 Å². The quantitative estimate of drug-likeness (QED) is 0.896. The number of fused-ring (bicyclic) bond motifs is 1. The highest BCUT2D eigenvalue weighted by atomic mass is 32.1. The fraction of sp³-hybridized carbons (Fsp3) is 0.400. The predicted octanol–water partition coefficient (Wildman–Crippen LogP) is 4.10. The van der Waals surface area contributed by atoms with Crippen molar-refractivity contribution in [2.75, 3.05) is 12.4 Å². The Labute approximate surface area is 152 Å². The molecular formula is C20H24N2O2S. The zero-order chi connectivity index (χ0) is 18.0. The first-order valence-corrected chi connectivity index (χ1v) is 9.53. The van der Waals surface area contributed by atoms with E-state index in [2.05, 4.69) is 12.2 Å². The average molecular weight is 356 g/mol. The largest absolute Gasteiger partial charge is 0.342 e. The summed E-state index contributed by atoms with van der Waals surface area (Å²) in [4.78, 5) is 27.1. The molecule has 0 unspecified atom stereocenters. The van der Waals surface area contributed by atoms with Gasteiger partial charge in [0.1, 0.15) is 0 Å². The minimum Gasteiger partial charge on any atom is -0.342 e. The zero-order valence-corrected chi connectivity index (χ0v) is 15.8. The van der Waals surface area contributed by atoms with Crippen LogP contribution in [-0.4, -0.2) is 23.8 Å². The lowest BCUT2D eigenvalue weighted by Crippen LogP contribution is -2.23. The third kappa shape index (κ3) is 4.10. The Balaban J connectivity index is 1.72. The number of nitrogens with one attached hydrogen (secondary N) is 1. The van der Waals surface area contributed by atoms with E-state index >= 15 is 0 Å². The number of benzene rings is 1. The molecule has 4 nitrogen and oxygen atoms in total. The molecule has 0 aliphatic heterocycles. The number of hydrogen-bond donors (Lipinski definition) is 1. The van der Waals surface area contributed by atoms with E-state index in [-0.39, 0.29) is 11.8 Å². The molecule has 0 saturated carbocycles. The summed E-state index contributed by atoms with van der Waals surface area (Å²) in [6, 6.07) is 7.68. The van der Waals surface area contributed by atoms with Gasteiger partial charge in [0.2, 0.25) is 5.91 Å². The molecular weight excluding hydrogens is 332 g/mol. The van der Waals surface area contributed by atoms with E-state index in [1.165, 1.54) is 10.4 Å². The maximum Gasteiger partial charge on any atom is 0.256 e. The van der Waals surface area contributed by atoms with E-state index in [0.717, 1.165) is 36.1 Å². The first kappa shape index (κ1) is 17.7. The Hall–Kier alpha value is -2.14. The normalized spacial score (nSPS) is 16.2. The van der Waals surface area contributed by atoms with Gasteiger partial charge >= 0.3 is 0 Å². The van der Waals surface area contributed by atoms with Gasteiger partial charge in [0.15, 0.2) is 0 Å². The molecule has 1 aromatic heterocycles. The average Bonchev–Trinajstić information content (AvgIpc) is 2.98.